The minimum absolute atomic E-state index is 1.10. The van der Waals surface area contributed by atoms with Gasteiger partial charge in [0.05, 0.1) is 0 Å². The van der Waals surface area contributed by atoms with Crippen LogP contribution < -0.4 is 10.2 Å². The number of unbranched alkanes of at least 4 members (excludes halogenated alkanes) is 1. The Morgan fingerprint density at radius 2 is 1.49 bits per heavy atom. The number of anilines is 1. The van der Waals surface area contributed by atoms with Gasteiger partial charge in [0.1, 0.15) is 0 Å². The van der Waals surface area contributed by atoms with Gasteiger partial charge in [0, 0.05) is 12.7 Å². The second-order valence-electron chi connectivity index (χ2n) is 7.92. The van der Waals surface area contributed by atoms with Gasteiger partial charge in [-0.3, -0.25) is 0 Å². The number of hydrogen-bond donors (Lipinski definition) is 1. The van der Waals surface area contributed by atoms with Crippen LogP contribution in [0.3, 0.4) is 0 Å². The van der Waals surface area contributed by atoms with Crippen LogP contribution in [0.5, 0.6) is 0 Å². The van der Waals surface area contributed by atoms with Crippen LogP contribution in [-0.2, 0) is 6.42 Å². The molecule has 0 radical (unpaired) electrons. The number of rotatable bonds is 7. The van der Waals surface area contributed by atoms with Crippen molar-refractivity contribution in [3.63, 3.8) is 0 Å². The Bertz CT molecular complexity index is 771. The largest absolute Gasteiger partial charge is 0.368 e. The standard InChI is InChI=1S/C12H17N.C8H10.C7H13N.C4H10.C2H6/c1-5-8-13(4)12-7-6-10(2)11(3)9-12;1-2-8-6-4-3-5-7-8;1-4-7(3)6-8-5-2;1-3-4-2;1-2/h5-9H,1-4H3;3-7H,2H2,1H3;5-6,8H,2,4H2,1,3H3;3-4H2,1-2H3;1-2H3/b8-5-;;7-6+;;. The number of nitrogens with zero attached hydrogens (tertiary/aromatic N) is 1. The van der Waals surface area contributed by atoms with Gasteiger partial charge in [0.15, 0.2) is 0 Å². The fraction of sp³-hybridized carbons (Fsp3) is 0.455. The van der Waals surface area contributed by atoms with Gasteiger partial charge >= 0.3 is 0 Å². The summed E-state index contributed by atoms with van der Waals surface area (Å²) in [6.45, 7) is 24.5. The molecule has 0 aromatic heterocycles. The molecule has 0 fully saturated rings. The minimum Gasteiger partial charge on any atom is -0.368 e. The zero-order valence-corrected chi connectivity index (χ0v) is 24.9. The van der Waals surface area contributed by atoms with Crippen molar-refractivity contribution < 1.29 is 0 Å². The number of nitrogens with one attached hydrogen (secondary N) is 1. The van der Waals surface area contributed by atoms with Crippen LogP contribution >= 0.6 is 0 Å². The van der Waals surface area contributed by atoms with Crippen LogP contribution in [0.25, 0.3) is 0 Å². The molecule has 2 heteroatoms. The molecular formula is C33H56N2. The van der Waals surface area contributed by atoms with Crippen molar-refractivity contribution in [1.29, 1.82) is 0 Å². The summed E-state index contributed by atoms with van der Waals surface area (Å²) in [6, 6.07) is 17.0. The molecule has 0 aliphatic rings. The summed E-state index contributed by atoms with van der Waals surface area (Å²) in [5.74, 6) is 0. The smallest absolute Gasteiger partial charge is 0.0406 e. The van der Waals surface area contributed by atoms with Crippen LogP contribution in [0.4, 0.5) is 5.69 Å². The third kappa shape index (κ3) is 22.8. The average Bonchev–Trinajstić information content (AvgIpc) is 2.91. The van der Waals surface area contributed by atoms with Gasteiger partial charge in [-0.1, -0.05) is 109 Å². The second kappa shape index (κ2) is 27.5. The fourth-order valence-corrected chi connectivity index (χ4v) is 2.27. The molecule has 0 amide bonds. The summed E-state index contributed by atoms with van der Waals surface area (Å²) in [5.41, 5.74) is 6.67. The predicted octanol–water partition coefficient (Wildman–Crippen LogP) is 10.4. The lowest BCUT2D eigenvalue weighted by molar-refractivity contribution is 0.886. The number of benzene rings is 2. The maximum Gasteiger partial charge on any atom is 0.0406 e. The molecule has 35 heavy (non-hydrogen) atoms. The lowest BCUT2D eigenvalue weighted by atomic mass is 10.1. The van der Waals surface area contributed by atoms with E-state index in [0.717, 1.165) is 12.8 Å². The van der Waals surface area contributed by atoms with Crippen LogP contribution in [-0.4, -0.2) is 7.05 Å². The van der Waals surface area contributed by atoms with Gasteiger partial charge in [-0.25, -0.2) is 0 Å². The van der Waals surface area contributed by atoms with Crippen molar-refractivity contribution in [3.05, 3.63) is 102 Å². The highest BCUT2D eigenvalue weighted by Crippen LogP contribution is 2.17. The van der Waals surface area contributed by atoms with E-state index >= 15 is 0 Å². The van der Waals surface area contributed by atoms with E-state index < -0.39 is 0 Å². The normalized spacial score (nSPS) is 9.63. The molecule has 2 nitrogen and oxygen atoms in total. The zero-order chi connectivity index (χ0) is 27.5. The van der Waals surface area contributed by atoms with E-state index in [1.54, 1.807) is 6.20 Å². The van der Waals surface area contributed by atoms with E-state index in [9.17, 15) is 0 Å². The molecule has 0 unspecified atom stereocenters. The zero-order valence-electron chi connectivity index (χ0n) is 24.9. The van der Waals surface area contributed by atoms with Crippen molar-refractivity contribution in [2.75, 3.05) is 11.9 Å². The molecule has 1 N–H and O–H groups in total. The molecule has 198 valence electrons. The van der Waals surface area contributed by atoms with Gasteiger partial charge in [-0.15, -0.1) is 0 Å². The van der Waals surface area contributed by atoms with Crippen molar-refractivity contribution in [3.8, 4) is 0 Å². The number of allylic oxidation sites excluding steroid dienone is 2. The first kappa shape index (κ1) is 36.8. The first-order valence-corrected chi connectivity index (χ1v) is 13.3. The van der Waals surface area contributed by atoms with E-state index in [4.69, 9.17) is 0 Å². The molecule has 0 heterocycles. The topological polar surface area (TPSA) is 15.3 Å². The number of hydrogen-bond acceptors (Lipinski definition) is 2. The molecule has 0 saturated heterocycles. The Morgan fingerprint density at radius 3 is 1.86 bits per heavy atom. The summed E-state index contributed by atoms with van der Waals surface area (Å²) in [5, 5.41) is 2.90. The monoisotopic (exact) mass is 480 g/mol. The van der Waals surface area contributed by atoms with Crippen LogP contribution in [0.2, 0.25) is 0 Å². The molecule has 2 aromatic carbocycles. The fourth-order valence-electron chi connectivity index (χ4n) is 2.27. The summed E-state index contributed by atoms with van der Waals surface area (Å²) in [4.78, 5) is 2.12. The second-order valence-corrected chi connectivity index (χ2v) is 7.92. The van der Waals surface area contributed by atoms with E-state index in [1.165, 1.54) is 40.8 Å². The Labute approximate surface area is 219 Å². The van der Waals surface area contributed by atoms with Gasteiger partial charge in [-0.05, 0) is 88.0 Å². The molecule has 0 bridgehead atoms. The molecule has 0 spiro atoms. The number of aryl methyl sites for hydroxylation is 3. The molecule has 0 atom stereocenters. The van der Waals surface area contributed by atoms with E-state index in [-0.39, 0.29) is 0 Å². The maximum atomic E-state index is 3.51. The molecule has 0 saturated carbocycles. The molecular weight excluding hydrogens is 424 g/mol. The third-order valence-electron chi connectivity index (χ3n) is 5.03. The lowest BCUT2D eigenvalue weighted by Gasteiger charge is -2.15. The van der Waals surface area contributed by atoms with Gasteiger partial charge in [-0.2, -0.15) is 0 Å². The quantitative estimate of drug-likeness (QED) is 0.424. The maximum absolute atomic E-state index is 3.51. The predicted molar refractivity (Wildman–Crippen MR) is 164 cm³/mol. The molecule has 0 aliphatic carbocycles. The van der Waals surface area contributed by atoms with Crippen molar-refractivity contribution >= 4 is 5.69 Å². The van der Waals surface area contributed by atoms with Crippen LogP contribution in [0.15, 0.2) is 85.4 Å². The van der Waals surface area contributed by atoms with Crippen molar-refractivity contribution in [2.24, 2.45) is 0 Å². The van der Waals surface area contributed by atoms with E-state index in [1.807, 2.05) is 39.1 Å². The SMILES string of the molecule is C/C=C\N(C)c1ccc(C)c(C)c1.C=CN/C=C(\C)CC.CC.CCCC.CCc1ccccc1. The van der Waals surface area contributed by atoms with Crippen molar-refractivity contribution in [2.45, 2.75) is 94.9 Å². The van der Waals surface area contributed by atoms with Crippen LogP contribution in [0.1, 0.15) is 91.3 Å². The van der Waals surface area contributed by atoms with Crippen LogP contribution in [0, 0.1) is 13.8 Å². The lowest BCUT2D eigenvalue weighted by Crippen LogP contribution is -2.07. The molecule has 0 aliphatic heterocycles. The van der Waals surface area contributed by atoms with Gasteiger partial charge in [0.25, 0.3) is 0 Å². The highest BCUT2D eigenvalue weighted by Gasteiger charge is 1.98. The van der Waals surface area contributed by atoms with Crippen molar-refractivity contribution in [1.82, 2.24) is 5.32 Å². The Kier molecular flexibility index (Phi) is 28.9. The van der Waals surface area contributed by atoms with Gasteiger partial charge < -0.3 is 10.2 Å². The third-order valence-corrected chi connectivity index (χ3v) is 5.03. The molecule has 2 aromatic rings. The summed E-state index contributed by atoms with van der Waals surface area (Å²) in [6.07, 6.45) is 12.6. The Balaban J connectivity index is -0.000000408. The summed E-state index contributed by atoms with van der Waals surface area (Å²) in [7, 11) is 2.06. The Hall–Kier alpha value is -2.74. The van der Waals surface area contributed by atoms with E-state index in [2.05, 4.69) is 121 Å². The molecule has 2 rings (SSSR count). The van der Waals surface area contributed by atoms with Gasteiger partial charge in [0.2, 0.25) is 0 Å². The summed E-state index contributed by atoms with van der Waals surface area (Å²) >= 11 is 0. The first-order valence-electron chi connectivity index (χ1n) is 13.3. The summed E-state index contributed by atoms with van der Waals surface area (Å²) < 4.78 is 0. The van der Waals surface area contributed by atoms with E-state index in [0.29, 0.717) is 0 Å². The average molecular weight is 481 g/mol. The highest BCUT2D eigenvalue weighted by atomic mass is 15.1. The minimum atomic E-state index is 1.10. The highest BCUT2D eigenvalue weighted by molar-refractivity contribution is 5.51. The Morgan fingerprint density at radius 1 is 0.914 bits per heavy atom. The first-order chi connectivity index (χ1) is 16.8.